The molecular weight excluding hydrogens is 378 g/mol. The van der Waals surface area contributed by atoms with Crippen LogP contribution in [0.2, 0.25) is 0 Å². The summed E-state index contributed by atoms with van der Waals surface area (Å²) < 4.78 is 27.8. The van der Waals surface area contributed by atoms with Gasteiger partial charge < -0.3 is 9.64 Å². The molecule has 10 heteroatoms. The Hall–Kier alpha value is -2.46. The molecule has 2 N–H and O–H groups in total. The Morgan fingerprint density at radius 2 is 2.25 bits per heavy atom. The van der Waals surface area contributed by atoms with Gasteiger partial charge in [-0.15, -0.1) is 0 Å². The van der Waals surface area contributed by atoms with Gasteiger partial charge in [0.25, 0.3) is 0 Å². The summed E-state index contributed by atoms with van der Waals surface area (Å²) >= 11 is 0. The molecule has 3 aromatic rings. The summed E-state index contributed by atoms with van der Waals surface area (Å²) in [6.45, 7) is 4.14. The highest BCUT2D eigenvalue weighted by Crippen LogP contribution is 2.53. The van der Waals surface area contributed by atoms with E-state index >= 15 is 0 Å². The van der Waals surface area contributed by atoms with Gasteiger partial charge in [0.1, 0.15) is 5.82 Å². The van der Waals surface area contributed by atoms with Crippen LogP contribution in [0, 0.1) is 4.78 Å². The first-order chi connectivity index (χ1) is 13.4. The normalized spacial score (nSPS) is 23.6. The topological polar surface area (TPSA) is 112 Å². The van der Waals surface area contributed by atoms with Gasteiger partial charge in [0.2, 0.25) is 0 Å². The first-order valence-corrected chi connectivity index (χ1v) is 11.3. The molecule has 0 aromatic carbocycles. The molecule has 5 rings (SSSR count). The second-order valence-corrected chi connectivity index (χ2v) is 10.2. The van der Waals surface area contributed by atoms with Gasteiger partial charge >= 0.3 is 0 Å². The average Bonchev–Trinajstić information content (AvgIpc) is 3.11. The molecule has 2 aliphatic rings. The maximum absolute atomic E-state index is 12.9. The molecule has 0 radical (unpaired) electrons. The third-order valence-corrected chi connectivity index (χ3v) is 7.94. The molecule has 148 valence electrons. The van der Waals surface area contributed by atoms with Crippen LogP contribution in [0.25, 0.3) is 16.9 Å². The smallest absolute Gasteiger partial charge is 0.167 e. The minimum atomic E-state index is -2.79. The monoisotopic (exact) mass is 401 g/mol. The molecule has 1 saturated carbocycles. The van der Waals surface area contributed by atoms with Crippen LogP contribution in [0.1, 0.15) is 25.5 Å². The molecule has 0 spiro atoms. The fraction of sp³-hybridized carbons (Fsp3) is 0.500. The lowest BCUT2D eigenvalue weighted by Gasteiger charge is -2.35. The predicted molar refractivity (Wildman–Crippen MR) is 106 cm³/mol. The highest BCUT2D eigenvalue weighted by atomic mass is 32.2. The Kier molecular flexibility index (Phi) is 3.79. The van der Waals surface area contributed by atoms with Gasteiger partial charge in [0, 0.05) is 25.1 Å². The molecule has 1 aliphatic heterocycles. The maximum atomic E-state index is 12.9. The molecule has 2 fully saturated rings. The van der Waals surface area contributed by atoms with Crippen molar-refractivity contribution in [3.8, 4) is 11.3 Å². The van der Waals surface area contributed by atoms with Crippen LogP contribution < -0.4 is 4.90 Å². The number of aromatic nitrogens is 5. The van der Waals surface area contributed by atoms with Gasteiger partial charge in [-0.1, -0.05) is 0 Å². The first kappa shape index (κ1) is 17.6. The number of anilines is 1. The number of aromatic amines is 1. The highest BCUT2D eigenvalue weighted by molar-refractivity contribution is 7.93. The van der Waals surface area contributed by atoms with E-state index in [1.807, 2.05) is 12.1 Å². The number of nitrogens with one attached hydrogen (secondary N) is 2. The number of rotatable bonds is 4. The fourth-order valence-electron chi connectivity index (χ4n) is 4.04. The van der Waals surface area contributed by atoms with Crippen molar-refractivity contribution in [1.29, 1.82) is 4.78 Å². The van der Waals surface area contributed by atoms with Crippen molar-refractivity contribution in [3.05, 3.63) is 30.2 Å². The molecule has 4 heterocycles. The van der Waals surface area contributed by atoms with Crippen molar-refractivity contribution in [2.75, 3.05) is 30.9 Å². The zero-order valence-corrected chi connectivity index (χ0v) is 16.7. The summed E-state index contributed by atoms with van der Waals surface area (Å²) in [4.78, 5) is 7.13. The first-order valence-electron chi connectivity index (χ1n) is 9.37. The van der Waals surface area contributed by atoms with E-state index in [0.29, 0.717) is 18.9 Å². The summed E-state index contributed by atoms with van der Waals surface area (Å²) in [6.07, 6.45) is 6.43. The lowest BCUT2D eigenvalue weighted by molar-refractivity contribution is 0.0985. The van der Waals surface area contributed by atoms with E-state index in [2.05, 4.69) is 27.1 Å². The van der Waals surface area contributed by atoms with E-state index in [-0.39, 0.29) is 6.04 Å². The minimum absolute atomic E-state index is 0.187. The van der Waals surface area contributed by atoms with Crippen molar-refractivity contribution >= 4 is 21.2 Å². The van der Waals surface area contributed by atoms with E-state index in [1.165, 1.54) is 6.26 Å². The molecule has 1 aliphatic carbocycles. The van der Waals surface area contributed by atoms with Crippen LogP contribution in [-0.4, -0.2) is 61.1 Å². The van der Waals surface area contributed by atoms with Crippen molar-refractivity contribution in [2.24, 2.45) is 0 Å². The van der Waals surface area contributed by atoms with Gasteiger partial charge in [-0.25, -0.2) is 13.7 Å². The summed E-state index contributed by atoms with van der Waals surface area (Å²) in [5.41, 5.74) is 3.16. The van der Waals surface area contributed by atoms with Crippen molar-refractivity contribution in [1.82, 2.24) is 24.8 Å². The second kappa shape index (κ2) is 6.02. The zero-order chi connectivity index (χ0) is 19.5. The van der Waals surface area contributed by atoms with Crippen LogP contribution in [0.3, 0.4) is 0 Å². The molecule has 3 aromatic heterocycles. The Labute approximate surface area is 163 Å². The molecule has 0 bridgehead atoms. The predicted octanol–water partition coefficient (Wildman–Crippen LogP) is 2.01. The molecule has 0 amide bonds. The molecule has 28 heavy (non-hydrogen) atoms. The van der Waals surface area contributed by atoms with Crippen molar-refractivity contribution in [3.63, 3.8) is 0 Å². The third kappa shape index (κ3) is 2.55. The number of hydrogen-bond acceptors (Lipinski definition) is 7. The largest absolute Gasteiger partial charge is 0.377 e. The fourth-order valence-corrected chi connectivity index (χ4v) is 5.47. The highest BCUT2D eigenvalue weighted by Gasteiger charge is 2.53. The molecule has 0 unspecified atom stereocenters. The molecule has 2 atom stereocenters. The van der Waals surface area contributed by atoms with Crippen LogP contribution in [0.15, 0.2) is 24.5 Å². The maximum Gasteiger partial charge on any atom is 0.167 e. The van der Waals surface area contributed by atoms with Gasteiger partial charge in [-0.2, -0.15) is 10.2 Å². The quantitative estimate of drug-likeness (QED) is 0.692. The van der Waals surface area contributed by atoms with Gasteiger partial charge in [0.15, 0.2) is 5.65 Å². The average molecular weight is 401 g/mol. The summed E-state index contributed by atoms with van der Waals surface area (Å²) in [5, 5.41) is 11.6. The summed E-state index contributed by atoms with van der Waals surface area (Å²) in [6, 6.07) is 4.04. The number of H-pyrrole nitrogens is 1. The number of ether oxygens (including phenoxy) is 1. The minimum Gasteiger partial charge on any atom is -0.377 e. The molecule has 9 nitrogen and oxygen atoms in total. The Bertz CT molecular complexity index is 1130. The number of fused-ring (bicyclic) bond motifs is 1. The van der Waals surface area contributed by atoms with Crippen LogP contribution in [-0.2, 0) is 19.2 Å². The number of nitrogens with zero attached hydrogens (tertiary/aromatic N) is 5. The summed E-state index contributed by atoms with van der Waals surface area (Å²) in [7, 11) is -2.79. The number of morpholine rings is 1. The van der Waals surface area contributed by atoms with Gasteiger partial charge in [-0.05, 0) is 25.8 Å². The van der Waals surface area contributed by atoms with Crippen LogP contribution in [0.5, 0.6) is 0 Å². The molecular formula is C18H23N7O2S. The van der Waals surface area contributed by atoms with Crippen molar-refractivity contribution < 1.29 is 8.95 Å². The van der Waals surface area contributed by atoms with Crippen molar-refractivity contribution in [2.45, 2.75) is 30.6 Å². The number of hydrogen-bond donors (Lipinski definition) is 2. The SMILES string of the molecule is C[C@@H]1COCCN1c1cc(C2([S@@](C)(=N)=O)CC2)n2ncc(-c3ccn[nH]3)c2n1. The van der Waals surface area contributed by atoms with E-state index in [1.54, 1.807) is 16.9 Å². The Morgan fingerprint density at radius 1 is 1.43 bits per heavy atom. The third-order valence-electron chi connectivity index (χ3n) is 5.83. The second-order valence-electron chi connectivity index (χ2n) is 7.72. The molecule has 1 saturated heterocycles. The Morgan fingerprint density at radius 3 is 2.89 bits per heavy atom. The van der Waals surface area contributed by atoms with E-state index in [9.17, 15) is 4.21 Å². The van der Waals surface area contributed by atoms with Gasteiger partial charge in [-0.3, -0.25) is 9.88 Å². The van der Waals surface area contributed by atoms with E-state index in [4.69, 9.17) is 14.5 Å². The Balaban J connectivity index is 1.76. The van der Waals surface area contributed by atoms with Crippen LogP contribution >= 0.6 is 0 Å². The lowest BCUT2D eigenvalue weighted by atomic mass is 10.2. The summed E-state index contributed by atoms with van der Waals surface area (Å²) in [5.74, 6) is 0.814. The standard InChI is InChI=1S/C18H23N7O2S/c1-12-11-27-8-7-24(12)16-9-15(18(4-5-18)28(2,19)26)25-17(22-16)13(10-21-25)14-3-6-20-23-14/h3,6,9-10,12,19H,4-5,7-8,11H2,1-2H3,(H,20,23)/t12-,28+/m1/s1. The van der Waals surface area contributed by atoms with E-state index in [0.717, 1.165) is 42.2 Å². The zero-order valence-electron chi connectivity index (χ0n) is 15.9. The van der Waals surface area contributed by atoms with Crippen LogP contribution in [0.4, 0.5) is 5.82 Å². The van der Waals surface area contributed by atoms with E-state index < -0.39 is 14.5 Å². The lowest BCUT2D eigenvalue weighted by Crippen LogP contribution is -2.44. The van der Waals surface area contributed by atoms with Gasteiger partial charge in [0.05, 0.1) is 56.9 Å².